The molecule has 1 heterocycles. The van der Waals surface area contributed by atoms with Gasteiger partial charge in [-0.15, -0.1) is 0 Å². The minimum absolute atomic E-state index is 0.277. The van der Waals surface area contributed by atoms with Gasteiger partial charge in [0.1, 0.15) is 0 Å². The van der Waals surface area contributed by atoms with Crippen LogP contribution in [0, 0.1) is 0 Å². The van der Waals surface area contributed by atoms with Crippen molar-refractivity contribution in [2.75, 3.05) is 13.2 Å². The van der Waals surface area contributed by atoms with Gasteiger partial charge in [-0.05, 0) is 25.8 Å². The fraction of sp³-hybridized carbons (Fsp3) is 0.800. The highest BCUT2D eigenvalue weighted by Crippen LogP contribution is 2.20. The van der Waals surface area contributed by atoms with E-state index in [1.54, 1.807) is 6.20 Å². The molecule has 0 aliphatic heterocycles. The molecule has 2 atom stereocenters. The average molecular weight is 281 g/mol. The number of aliphatic hydroxyl groups is 1. The Morgan fingerprint density at radius 2 is 2.20 bits per heavy atom. The van der Waals surface area contributed by atoms with Gasteiger partial charge in [-0.3, -0.25) is 4.68 Å². The summed E-state index contributed by atoms with van der Waals surface area (Å²) in [6.07, 6.45) is 9.80. The summed E-state index contributed by atoms with van der Waals surface area (Å²) in [5, 5.41) is 17.4. The van der Waals surface area contributed by atoms with Gasteiger partial charge in [0, 0.05) is 25.0 Å². The van der Waals surface area contributed by atoms with Crippen LogP contribution in [0.25, 0.3) is 0 Å². The van der Waals surface area contributed by atoms with Crippen LogP contribution in [0.15, 0.2) is 18.5 Å². The van der Waals surface area contributed by atoms with Crippen LogP contribution in [-0.2, 0) is 11.3 Å². The standard InChI is InChI=1S/C15H27N3O2/c1-13(11-18-9-5-8-17-18)16-10-14(19)12-20-15-6-3-2-4-7-15/h5,8-9,13-16,19H,2-4,6-7,10-12H2,1H3. The number of ether oxygens (including phenoxy) is 1. The normalized spacial score (nSPS) is 19.9. The lowest BCUT2D eigenvalue weighted by Crippen LogP contribution is -2.38. The van der Waals surface area contributed by atoms with Crippen molar-refractivity contribution in [2.45, 2.75) is 63.8 Å². The average Bonchev–Trinajstić information content (AvgIpc) is 2.97. The van der Waals surface area contributed by atoms with Gasteiger partial charge in [-0.25, -0.2) is 0 Å². The smallest absolute Gasteiger partial charge is 0.0897 e. The van der Waals surface area contributed by atoms with Gasteiger partial charge in [0.2, 0.25) is 0 Å². The maximum absolute atomic E-state index is 9.94. The molecular formula is C15H27N3O2. The van der Waals surface area contributed by atoms with Crippen molar-refractivity contribution in [1.82, 2.24) is 15.1 Å². The number of rotatable bonds is 8. The minimum atomic E-state index is -0.433. The van der Waals surface area contributed by atoms with Crippen molar-refractivity contribution in [3.63, 3.8) is 0 Å². The van der Waals surface area contributed by atoms with E-state index in [1.165, 1.54) is 19.3 Å². The molecule has 5 nitrogen and oxygen atoms in total. The molecule has 1 aliphatic rings. The fourth-order valence-corrected chi connectivity index (χ4v) is 2.63. The van der Waals surface area contributed by atoms with Crippen LogP contribution in [0.1, 0.15) is 39.0 Å². The lowest BCUT2D eigenvalue weighted by atomic mass is 9.98. The third kappa shape index (κ3) is 5.61. The second-order valence-electron chi connectivity index (χ2n) is 5.78. The molecule has 1 saturated carbocycles. The number of hydrogen-bond donors (Lipinski definition) is 2. The van der Waals surface area contributed by atoms with E-state index in [2.05, 4.69) is 17.3 Å². The Balaban J connectivity index is 1.55. The molecule has 0 saturated heterocycles. The van der Waals surface area contributed by atoms with E-state index >= 15 is 0 Å². The SMILES string of the molecule is CC(Cn1cccn1)NCC(O)COC1CCCCC1. The number of nitrogens with zero attached hydrogens (tertiary/aromatic N) is 2. The number of aliphatic hydroxyl groups excluding tert-OH is 1. The first-order valence-corrected chi connectivity index (χ1v) is 7.74. The Labute approximate surface area is 121 Å². The molecule has 5 heteroatoms. The van der Waals surface area contributed by atoms with Crippen LogP contribution >= 0.6 is 0 Å². The third-order valence-electron chi connectivity index (χ3n) is 3.80. The maximum Gasteiger partial charge on any atom is 0.0897 e. The van der Waals surface area contributed by atoms with Gasteiger partial charge in [0.15, 0.2) is 0 Å². The molecule has 0 radical (unpaired) electrons. The summed E-state index contributed by atoms with van der Waals surface area (Å²) < 4.78 is 7.67. The molecule has 1 aromatic heterocycles. The Bertz CT molecular complexity index is 350. The molecule has 1 aromatic rings. The molecule has 0 aromatic carbocycles. The van der Waals surface area contributed by atoms with Gasteiger partial charge in [-0.2, -0.15) is 5.10 Å². The van der Waals surface area contributed by atoms with Gasteiger partial charge < -0.3 is 15.2 Å². The second kappa shape index (κ2) is 8.39. The Morgan fingerprint density at radius 3 is 2.90 bits per heavy atom. The van der Waals surface area contributed by atoms with Gasteiger partial charge in [0.25, 0.3) is 0 Å². The van der Waals surface area contributed by atoms with E-state index in [9.17, 15) is 5.11 Å². The summed E-state index contributed by atoms with van der Waals surface area (Å²) in [6, 6.07) is 2.19. The first-order valence-electron chi connectivity index (χ1n) is 7.74. The zero-order chi connectivity index (χ0) is 14.2. The second-order valence-corrected chi connectivity index (χ2v) is 5.78. The first-order chi connectivity index (χ1) is 9.74. The molecule has 2 unspecified atom stereocenters. The molecule has 2 rings (SSSR count). The van der Waals surface area contributed by atoms with Crippen LogP contribution in [0.2, 0.25) is 0 Å². The largest absolute Gasteiger partial charge is 0.389 e. The molecule has 2 N–H and O–H groups in total. The highest BCUT2D eigenvalue weighted by Gasteiger charge is 2.15. The summed E-state index contributed by atoms with van der Waals surface area (Å²) in [5.41, 5.74) is 0. The monoisotopic (exact) mass is 281 g/mol. The third-order valence-corrected chi connectivity index (χ3v) is 3.80. The first kappa shape index (κ1) is 15.5. The Hall–Kier alpha value is -0.910. The predicted molar refractivity (Wildman–Crippen MR) is 78.5 cm³/mol. The summed E-state index contributed by atoms with van der Waals surface area (Å²) in [4.78, 5) is 0. The summed E-state index contributed by atoms with van der Waals surface area (Å²) in [6.45, 7) is 3.90. The topological polar surface area (TPSA) is 59.3 Å². The molecule has 0 amide bonds. The lowest BCUT2D eigenvalue weighted by molar-refractivity contribution is -0.0236. The predicted octanol–water partition coefficient (Wildman–Crippen LogP) is 1.57. The van der Waals surface area contributed by atoms with Crippen molar-refractivity contribution < 1.29 is 9.84 Å². The van der Waals surface area contributed by atoms with E-state index in [-0.39, 0.29) is 6.04 Å². The van der Waals surface area contributed by atoms with Crippen LogP contribution in [0.5, 0.6) is 0 Å². The van der Waals surface area contributed by atoms with E-state index in [0.29, 0.717) is 19.3 Å². The summed E-state index contributed by atoms with van der Waals surface area (Å²) in [5.74, 6) is 0. The van der Waals surface area contributed by atoms with E-state index in [4.69, 9.17) is 4.74 Å². The van der Waals surface area contributed by atoms with Gasteiger partial charge in [0.05, 0.1) is 25.4 Å². The zero-order valence-corrected chi connectivity index (χ0v) is 12.4. The fourth-order valence-electron chi connectivity index (χ4n) is 2.63. The van der Waals surface area contributed by atoms with E-state index in [0.717, 1.165) is 19.4 Å². The highest BCUT2D eigenvalue weighted by molar-refractivity contribution is 4.79. The Kier molecular flexibility index (Phi) is 6.50. The quantitative estimate of drug-likeness (QED) is 0.759. The van der Waals surface area contributed by atoms with Crippen molar-refractivity contribution in [3.05, 3.63) is 18.5 Å². The zero-order valence-electron chi connectivity index (χ0n) is 12.4. The van der Waals surface area contributed by atoms with Crippen molar-refractivity contribution in [3.8, 4) is 0 Å². The van der Waals surface area contributed by atoms with Crippen molar-refractivity contribution in [2.24, 2.45) is 0 Å². The van der Waals surface area contributed by atoms with Crippen molar-refractivity contribution >= 4 is 0 Å². The van der Waals surface area contributed by atoms with Crippen LogP contribution < -0.4 is 5.32 Å². The van der Waals surface area contributed by atoms with Crippen LogP contribution in [-0.4, -0.2) is 46.3 Å². The minimum Gasteiger partial charge on any atom is -0.389 e. The van der Waals surface area contributed by atoms with Gasteiger partial charge >= 0.3 is 0 Å². The van der Waals surface area contributed by atoms with E-state index in [1.807, 2.05) is 16.9 Å². The van der Waals surface area contributed by atoms with Gasteiger partial charge in [-0.1, -0.05) is 19.3 Å². The lowest BCUT2D eigenvalue weighted by Gasteiger charge is -2.24. The molecule has 1 aliphatic carbocycles. The van der Waals surface area contributed by atoms with Crippen LogP contribution in [0.3, 0.4) is 0 Å². The van der Waals surface area contributed by atoms with E-state index < -0.39 is 6.10 Å². The number of nitrogens with one attached hydrogen (secondary N) is 1. The highest BCUT2D eigenvalue weighted by atomic mass is 16.5. The maximum atomic E-state index is 9.94. The Morgan fingerprint density at radius 1 is 1.40 bits per heavy atom. The summed E-state index contributed by atoms with van der Waals surface area (Å²) in [7, 11) is 0. The molecule has 0 bridgehead atoms. The van der Waals surface area contributed by atoms with Crippen molar-refractivity contribution in [1.29, 1.82) is 0 Å². The molecule has 0 spiro atoms. The number of aromatic nitrogens is 2. The molecule has 20 heavy (non-hydrogen) atoms. The van der Waals surface area contributed by atoms with Crippen LogP contribution in [0.4, 0.5) is 0 Å². The molecule has 114 valence electrons. The number of hydrogen-bond acceptors (Lipinski definition) is 4. The summed E-state index contributed by atoms with van der Waals surface area (Å²) >= 11 is 0. The molecular weight excluding hydrogens is 254 g/mol. The molecule has 1 fully saturated rings.